The largest absolute Gasteiger partial charge is 0.388 e. The first-order chi connectivity index (χ1) is 9.92. The number of likely N-dealkylation sites (tertiary alicyclic amines) is 1. The minimum absolute atomic E-state index is 0.0245. The van der Waals surface area contributed by atoms with Gasteiger partial charge in [-0.15, -0.1) is 0 Å². The number of pyridine rings is 1. The average molecular weight is 328 g/mol. The van der Waals surface area contributed by atoms with Crippen LogP contribution in [-0.4, -0.2) is 49.0 Å². The maximum absolute atomic E-state index is 12.4. The molecule has 1 atom stereocenters. The second-order valence-electron chi connectivity index (χ2n) is 5.16. The summed E-state index contributed by atoms with van der Waals surface area (Å²) in [5.74, 6) is 0. The van der Waals surface area contributed by atoms with Crippen molar-refractivity contribution in [2.75, 3.05) is 19.6 Å². The van der Waals surface area contributed by atoms with Gasteiger partial charge in [0.2, 0.25) is 10.0 Å². The van der Waals surface area contributed by atoms with Crippen LogP contribution in [0.15, 0.2) is 23.2 Å². The zero-order chi connectivity index (χ0) is 15.5. The van der Waals surface area contributed by atoms with Gasteiger partial charge in [-0.1, -0.05) is 12.2 Å². The molecule has 1 unspecified atom stereocenters. The lowest BCUT2D eigenvalue weighted by molar-refractivity contribution is 0.260. The van der Waals surface area contributed by atoms with E-state index in [9.17, 15) is 8.42 Å². The van der Waals surface area contributed by atoms with Crippen molar-refractivity contribution in [2.24, 2.45) is 5.73 Å². The van der Waals surface area contributed by atoms with Crippen molar-refractivity contribution in [2.45, 2.75) is 30.7 Å². The molecule has 8 heteroatoms. The lowest BCUT2D eigenvalue weighted by Crippen LogP contribution is -2.41. The van der Waals surface area contributed by atoms with E-state index in [1.54, 1.807) is 6.07 Å². The van der Waals surface area contributed by atoms with Gasteiger partial charge in [0.15, 0.2) is 0 Å². The Labute approximate surface area is 130 Å². The van der Waals surface area contributed by atoms with Gasteiger partial charge in [-0.05, 0) is 45.0 Å². The van der Waals surface area contributed by atoms with E-state index in [1.807, 2.05) is 6.92 Å². The van der Waals surface area contributed by atoms with Crippen LogP contribution < -0.4 is 10.5 Å². The molecule has 2 rings (SSSR count). The molecular formula is C13H20N4O2S2. The van der Waals surface area contributed by atoms with E-state index < -0.39 is 10.0 Å². The van der Waals surface area contributed by atoms with Gasteiger partial charge in [-0.2, -0.15) is 0 Å². The van der Waals surface area contributed by atoms with Crippen LogP contribution in [0.5, 0.6) is 0 Å². The third kappa shape index (κ3) is 3.97. The van der Waals surface area contributed by atoms with Crippen LogP contribution in [0.25, 0.3) is 0 Å². The van der Waals surface area contributed by atoms with Gasteiger partial charge in [-0.3, -0.25) is 9.88 Å². The molecule has 1 aromatic heterocycles. The van der Waals surface area contributed by atoms with Gasteiger partial charge in [0, 0.05) is 18.8 Å². The Kier molecular flexibility index (Phi) is 5.26. The Hall–Kier alpha value is -1.09. The molecule has 1 aliphatic heterocycles. The number of hydrogen-bond donors (Lipinski definition) is 2. The highest BCUT2D eigenvalue weighted by atomic mass is 32.2. The monoisotopic (exact) mass is 328 g/mol. The molecule has 0 aliphatic carbocycles. The third-order valence-electron chi connectivity index (χ3n) is 3.63. The maximum atomic E-state index is 12.4. The summed E-state index contributed by atoms with van der Waals surface area (Å²) in [4.78, 5) is 6.24. The quantitative estimate of drug-likeness (QED) is 0.739. The number of hydrogen-bond acceptors (Lipinski definition) is 5. The summed E-state index contributed by atoms with van der Waals surface area (Å²) in [6.45, 7) is 4.42. The Bertz CT molecular complexity index is 612. The van der Waals surface area contributed by atoms with Crippen LogP contribution in [0, 0.1) is 0 Å². The predicted octanol–water partition coefficient (Wildman–Crippen LogP) is 0.478. The minimum atomic E-state index is -3.67. The second kappa shape index (κ2) is 6.78. The van der Waals surface area contributed by atoms with Gasteiger partial charge in [0.1, 0.15) is 15.6 Å². The number of sulfonamides is 1. The van der Waals surface area contributed by atoms with Gasteiger partial charge < -0.3 is 5.73 Å². The summed E-state index contributed by atoms with van der Waals surface area (Å²) in [5, 5.41) is 0. The summed E-state index contributed by atoms with van der Waals surface area (Å²) in [6, 6.07) is 3.18. The molecule has 1 aromatic rings. The van der Waals surface area contributed by atoms with Crippen LogP contribution >= 0.6 is 12.2 Å². The normalized spacial score (nSPS) is 17.8. The van der Waals surface area contributed by atoms with Gasteiger partial charge in [0.25, 0.3) is 0 Å². The van der Waals surface area contributed by atoms with E-state index in [-0.39, 0.29) is 21.6 Å². The highest BCUT2D eigenvalue weighted by Crippen LogP contribution is 2.14. The van der Waals surface area contributed by atoms with Crippen molar-refractivity contribution in [3.63, 3.8) is 0 Å². The molecule has 0 radical (unpaired) electrons. The van der Waals surface area contributed by atoms with Crippen molar-refractivity contribution in [1.29, 1.82) is 0 Å². The van der Waals surface area contributed by atoms with Crippen molar-refractivity contribution in [1.82, 2.24) is 14.6 Å². The van der Waals surface area contributed by atoms with Gasteiger partial charge >= 0.3 is 0 Å². The second-order valence-corrected chi connectivity index (χ2v) is 7.33. The zero-order valence-corrected chi connectivity index (χ0v) is 13.6. The smallest absolute Gasteiger partial charge is 0.242 e. The molecule has 0 aromatic carbocycles. The Morgan fingerprint density at radius 2 is 2.19 bits per heavy atom. The summed E-state index contributed by atoms with van der Waals surface area (Å²) in [6.07, 6.45) is 3.82. The Balaban J connectivity index is 2.10. The summed E-state index contributed by atoms with van der Waals surface area (Å²) in [5.41, 5.74) is 5.67. The Morgan fingerprint density at radius 1 is 1.52 bits per heavy atom. The highest BCUT2D eigenvalue weighted by Gasteiger charge is 2.23. The summed E-state index contributed by atoms with van der Waals surface area (Å²) < 4.78 is 27.4. The van der Waals surface area contributed by atoms with Gasteiger partial charge in [-0.25, -0.2) is 13.1 Å². The highest BCUT2D eigenvalue weighted by molar-refractivity contribution is 7.89. The first kappa shape index (κ1) is 16.3. The number of nitrogens with one attached hydrogen (secondary N) is 1. The van der Waals surface area contributed by atoms with Crippen molar-refractivity contribution < 1.29 is 8.42 Å². The SMILES string of the molecule is CC(CNS(=O)(=O)c1cccnc1C(N)=S)N1CCCC1. The molecule has 1 saturated heterocycles. The zero-order valence-electron chi connectivity index (χ0n) is 11.9. The van der Waals surface area contributed by atoms with Gasteiger partial charge in [0.05, 0.1) is 0 Å². The Morgan fingerprint density at radius 3 is 2.81 bits per heavy atom. The minimum Gasteiger partial charge on any atom is -0.388 e. The molecule has 0 bridgehead atoms. The van der Waals surface area contributed by atoms with Crippen LogP contribution in [0.1, 0.15) is 25.5 Å². The number of rotatable bonds is 6. The fraction of sp³-hybridized carbons (Fsp3) is 0.538. The van der Waals surface area contributed by atoms with Crippen LogP contribution in [0.3, 0.4) is 0 Å². The van der Waals surface area contributed by atoms with Crippen LogP contribution in [0.4, 0.5) is 0 Å². The standard InChI is InChI=1S/C13H20N4O2S2/c1-10(17-7-2-3-8-17)9-16-21(18,19)11-5-4-6-15-12(11)13(14)20/h4-6,10,16H,2-3,7-9H2,1H3,(H2,14,20). The lowest BCUT2D eigenvalue weighted by atomic mass is 10.3. The third-order valence-corrected chi connectivity index (χ3v) is 5.27. The van der Waals surface area contributed by atoms with E-state index in [0.717, 1.165) is 13.1 Å². The first-order valence-electron chi connectivity index (χ1n) is 6.90. The van der Waals surface area contributed by atoms with E-state index in [1.165, 1.54) is 25.1 Å². The summed E-state index contributed by atoms with van der Waals surface area (Å²) in [7, 11) is -3.67. The van der Waals surface area contributed by atoms with Crippen LogP contribution in [0.2, 0.25) is 0 Å². The number of nitrogens with two attached hydrogens (primary N) is 1. The molecule has 0 saturated carbocycles. The molecular weight excluding hydrogens is 308 g/mol. The molecule has 21 heavy (non-hydrogen) atoms. The molecule has 1 aliphatic rings. The van der Waals surface area contributed by atoms with Crippen LogP contribution in [-0.2, 0) is 10.0 Å². The fourth-order valence-electron chi connectivity index (χ4n) is 2.41. The van der Waals surface area contributed by atoms with Crippen molar-refractivity contribution in [3.05, 3.63) is 24.0 Å². The lowest BCUT2D eigenvalue weighted by Gasteiger charge is -2.23. The van der Waals surface area contributed by atoms with E-state index >= 15 is 0 Å². The molecule has 3 N–H and O–H groups in total. The number of aromatic nitrogens is 1. The van der Waals surface area contributed by atoms with E-state index in [4.69, 9.17) is 18.0 Å². The number of nitrogens with zero attached hydrogens (tertiary/aromatic N) is 2. The van der Waals surface area contributed by atoms with Crippen molar-refractivity contribution in [3.8, 4) is 0 Å². The molecule has 0 spiro atoms. The van der Waals surface area contributed by atoms with E-state index in [2.05, 4.69) is 14.6 Å². The average Bonchev–Trinajstić information content (AvgIpc) is 2.99. The molecule has 1 fully saturated rings. The topological polar surface area (TPSA) is 88.3 Å². The molecule has 116 valence electrons. The van der Waals surface area contributed by atoms with Crippen molar-refractivity contribution >= 4 is 27.2 Å². The van der Waals surface area contributed by atoms with E-state index in [0.29, 0.717) is 6.54 Å². The predicted molar refractivity (Wildman–Crippen MR) is 85.6 cm³/mol. The summed E-state index contributed by atoms with van der Waals surface area (Å²) >= 11 is 4.86. The number of thiocarbonyl (C=S) groups is 1. The maximum Gasteiger partial charge on any atom is 0.242 e. The first-order valence-corrected chi connectivity index (χ1v) is 8.79. The molecule has 6 nitrogen and oxygen atoms in total. The molecule has 0 amide bonds. The fourth-order valence-corrected chi connectivity index (χ4v) is 3.93. The molecule has 2 heterocycles.